The normalized spacial score (nSPS) is 20.8. The van der Waals surface area contributed by atoms with Crippen molar-refractivity contribution in [2.75, 3.05) is 26.8 Å². The molecule has 0 bridgehead atoms. The van der Waals surface area contributed by atoms with Crippen LogP contribution in [0.5, 0.6) is 0 Å². The largest absolute Gasteiger partial charge is 0.379 e. The van der Waals surface area contributed by atoms with Crippen molar-refractivity contribution in [2.45, 2.75) is 45.2 Å². The molecule has 1 aromatic carbocycles. The average Bonchev–Trinajstić information content (AvgIpc) is 2.68. The van der Waals surface area contributed by atoms with Crippen LogP contribution in [0.1, 0.15) is 38.4 Å². The van der Waals surface area contributed by atoms with E-state index in [0.29, 0.717) is 48.9 Å². The second-order valence-electron chi connectivity index (χ2n) is 7.81. The minimum absolute atomic E-state index is 0.0491. The number of nitrogens with zero attached hydrogens (tertiary/aromatic N) is 1. The van der Waals surface area contributed by atoms with Crippen molar-refractivity contribution in [3.8, 4) is 0 Å². The second kappa shape index (κ2) is 9.80. The van der Waals surface area contributed by atoms with Crippen molar-refractivity contribution in [2.24, 2.45) is 5.92 Å². The van der Waals surface area contributed by atoms with Gasteiger partial charge >= 0.3 is 0 Å². The number of ether oxygens (including phenoxy) is 1. The Hall–Kier alpha value is -2.25. The van der Waals surface area contributed by atoms with Gasteiger partial charge in [-0.25, -0.2) is 4.98 Å². The van der Waals surface area contributed by atoms with Crippen LogP contribution in [0.2, 0.25) is 0 Å². The van der Waals surface area contributed by atoms with Gasteiger partial charge in [0, 0.05) is 13.2 Å². The van der Waals surface area contributed by atoms with Crippen molar-refractivity contribution in [3.63, 3.8) is 0 Å². The maximum atomic E-state index is 12.6. The number of aromatic nitrogens is 2. The lowest BCUT2D eigenvalue weighted by molar-refractivity contribution is -0.906. The van der Waals surface area contributed by atoms with Crippen LogP contribution in [-0.2, 0) is 16.1 Å². The molecule has 152 valence electrons. The summed E-state index contributed by atoms with van der Waals surface area (Å²) in [5.41, 5.74) is 0.528. The van der Waals surface area contributed by atoms with Crippen molar-refractivity contribution in [1.29, 1.82) is 0 Å². The number of nitrogens with one attached hydrogen (secondary N) is 3. The predicted octanol–water partition coefficient (Wildman–Crippen LogP) is 0.649. The third-order valence-corrected chi connectivity index (χ3v) is 5.61. The van der Waals surface area contributed by atoms with Crippen LogP contribution in [0.15, 0.2) is 29.1 Å². The molecule has 3 atom stereocenters. The first-order valence-electron chi connectivity index (χ1n) is 10.2. The molecule has 1 saturated carbocycles. The molecule has 1 aliphatic rings. The van der Waals surface area contributed by atoms with E-state index in [0.717, 1.165) is 11.3 Å². The van der Waals surface area contributed by atoms with Gasteiger partial charge in [-0.2, -0.15) is 0 Å². The minimum Gasteiger partial charge on any atom is -0.379 e. The van der Waals surface area contributed by atoms with E-state index in [4.69, 9.17) is 4.74 Å². The molecule has 0 spiro atoms. The van der Waals surface area contributed by atoms with Gasteiger partial charge in [0.05, 0.1) is 17.5 Å². The number of benzene rings is 1. The maximum Gasteiger partial charge on any atom is 0.275 e. The number of carbonyl (C=O) groups is 1. The van der Waals surface area contributed by atoms with Crippen LogP contribution < -0.4 is 15.8 Å². The fourth-order valence-electron chi connectivity index (χ4n) is 3.96. The molecule has 7 heteroatoms. The molecule has 1 unspecified atom stereocenters. The Morgan fingerprint density at radius 2 is 2.11 bits per heavy atom. The van der Waals surface area contributed by atoms with E-state index >= 15 is 0 Å². The first-order chi connectivity index (χ1) is 13.6. The van der Waals surface area contributed by atoms with Crippen molar-refractivity contribution in [3.05, 3.63) is 40.4 Å². The summed E-state index contributed by atoms with van der Waals surface area (Å²) in [7, 11) is 1.65. The molecule has 1 aromatic heterocycles. The first kappa shape index (κ1) is 20.5. The Kier molecular flexibility index (Phi) is 7.17. The van der Waals surface area contributed by atoms with Crippen LogP contribution in [-0.4, -0.2) is 48.7 Å². The van der Waals surface area contributed by atoms with Gasteiger partial charge in [0.15, 0.2) is 12.4 Å². The summed E-state index contributed by atoms with van der Waals surface area (Å²) in [4.78, 5) is 33.4. The third kappa shape index (κ3) is 5.39. The number of para-hydroxylation sites is 1. The first-order valence-corrected chi connectivity index (χ1v) is 10.2. The SMILES string of the molecule is COCC[NH+](CC(=O)N[C@H]1CCCC[C@H]1C)Cc1nc2ccccc2c(=O)[nH]1. The Labute approximate surface area is 165 Å². The van der Waals surface area contributed by atoms with Gasteiger partial charge in [-0.05, 0) is 30.9 Å². The highest BCUT2D eigenvalue weighted by Gasteiger charge is 2.25. The Morgan fingerprint density at radius 1 is 1.32 bits per heavy atom. The van der Waals surface area contributed by atoms with Gasteiger partial charge in [-0.15, -0.1) is 0 Å². The van der Waals surface area contributed by atoms with Crippen LogP contribution in [0.25, 0.3) is 10.9 Å². The Balaban J connectivity index is 1.68. The van der Waals surface area contributed by atoms with Crippen LogP contribution in [0.3, 0.4) is 0 Å². The smallest absolute Gasteiger partial charge is 0.275 e. The summed E-state index contributed by atoms with van der Waals surface area (Å²) in [5, 5.41) is 3.79. The Bertz CT molecular complexity index is 851. The van der Waals surface area contributed by atoms with E-state index in [9.17, 15) is 9.59 Å². The molecule has 3 N–H and O–H groups in total. The van der Waals surface area contributed by atoms with E-state index in [1.54, 1.807) is 13.2 Å². The quantitative estimate of drug-likeness (QED) is 0.621. The molecule has 1 aliphatic carbocycles. The van der Waals surface area contributed by atoms with Crippen LogP contribution in [0.4, 0.5) is 0 Å². The molecule has 0 radical (unpaired) electrons. The predicted molar refractivity (Wildman–Crippen MR) is 108 cm³/mol. The number of amides is 1. The molecule has 1 amide bonds. The topological polar surface area (TPSA) is 88.5 Å². The van der Waals surface area contributed by atoms with Crippen molar-refractivity contribution >= 4 is 16.8 Å². The maximum absolute atomic E-state index is 12.6. The van der Waals surface area contributed by atoms with Gasteiger partial charge in [-0.1, -0.05) is 31.9 Å². The van der Waals surface area contributed by atoms with Crippen LogP contribution in [0, 0.1) is 5.92 Å². The number of fused-ring (bicyclic) bond motifs is 1. The number of hydrogen-bond acceptors (Lipinski definition) is 4. The average molecular weight is 388 g/mol. The highest BCUT2D eigenvalue weighted by molar-refractivity contribution is 5.77. The van der Waals surface area contributed by atoms with Crippen molar-refractivity contribution < 1.29 is 14.4 Å². The summed E-state index contributed by atoms with van der Waals surface area (Å²) >= 11 is 0. The summed E-state index contributed by atoms with van der Waals surface area (Å²) in [6, 6.07) is 7.56. The molecule has 0 saturated heterocycles. The molecule has 28 heavy (non-hydrogen) atoms. The molecule has 2 aromatic rings. The standard InChI is InChI=1S/C21H30N4O3/c1-15-7-3-5-9-17(15)23-20(26)14-25(11-12-28-2)13-19-22-18-10-6-4-8-16(18)21(27)24-19/h4,6,8,10,15,17H,3,5,7,9,11-14H2,1-2H3,(H,23,26)(H,22,24,27)/p+1/t15-,17+/m1/s1. The monoisotopic (exact) mass is 387 g/mol. The van der Waals surface area contributed by atoms with E-state index in [-0.39, 0.29) is 17.5 Å². The number of carbonyl (C=O) groups excluding carboxylic acids is 1. The minimum atomic E-state index is -0.146. The van der Waals surface area contributed by atoms with Gasteiger partial charge < -0.3 is 19.9 Å². The highest BCUT2D eigenvalue weighted by Crippen LogP contribution is 2.23. The number of hydrogen-bond donors (Lipinski definition) is 3. The number of H-pyrrole nitrogens is 1. The number of quaternary nitrogens is 1. The van der Waals surface area contributed by atoms with E-state index in [1.165, 1.54) is 19.3 Å². The van der Waals surface area contributed by atoms with Gasteiger partial charge in [0.25, 0.3) is 11.5 Å². The summed E-state index contributed by atoms with van der Waals surface area (Å²) in [6.07, 6.45) is 4.66. The van der Waals surface area contributed by atoms with E-state index in [1.807, 2.05) is 18.2 Å². The second-order valence-corrected chi connectivity index (χ2v) is 7.81. The molecular weight excluding hydrogens is 356 g/mol. The number of aromatic amines is 1. The van der Waals surface area contributed by atoms with E-state index in [2.05, 4.69) is 22.2 Å². The van der Waals surface area contributed by atoms with Gasteiger partial charge in [0.1, 0.15) is 13.1 Å². The molecule has 3 rings (SSSR count). The number of methoxy groups -OCH3 is 1. The van der Waals surface area contributed by atoms with Gasteiger partial charge in [0.2, 0.25) is 0 Å². The molecular formula is C21H31N4O3+. The zero-order chi connectivity index (χ0) is 19.9. The third-order valence-electron chi connectivity index (χ3n) is 5.61. The molecule has 1 heterocycles. The highest BCUT2D eigenvalue weighted by atomic mass is 16.5. The zero-order valence-corrected chi connectivity index (χ0v) is 16.8. The lowest BCUT2D eigenvalue weighted by Crippen LogP contribution is -3.12. The molecule has 0 aliphatic heterocycles. The van der Waals surface area contributed by atoms with Crippen molar-refractivity contribution in [1.82, 2.24) is 15.3 Å². The fourth-order valence-corrected chi connectivity index (χ4v) is 3.96. The number of rotatable bonds is 8. The summed E-state index contributed by atoms with van der Waals surface area (Å²) in [5.74, 6) is 1.17. The fraction of sp³-hybridized carbons (Fsp3) is 0.571. The zero-order valence-electron chi connectivity index (χ0n) is 16.8. The molecule has 1 fully saturated rings. The molecule has 7 nitrogen and oxygen atoms in total. The lowest BCUT2D eigenvalue weighted by atomic mass is 9.86. The summed E-state index contributed by atoms with van der Waals surface area (Å²) < 4.78 is 5.21. The van der Waals surface area contributed by atoms with Crippen LogP contribution >= 0.6 is 0 Å². The Morgan fingerprint density at radius 3 is 2.89 bits per heavy atom. The van der Waals surface area contributed by atoms with E-state index < -0.39 is 0 Å². The van der Waals surface area contributed by atoms with Gasteiger partial charge in [-0.3, -0.25) is 9.59 Å². The summed E-state index contributed by atoms with van der Waals surface area (Å²) in [6.45, 7) is 4.23. The lowest BCUT2D eigenvalue weighted by Gasteiger charge is -2.30.